The summed E-state index contributed by atoms with van der Waals surface area (Å²) < 4.78 is 28.9. The van der Waals surface area contributed by atoms with E-state index in [4.69, 9.17) is 13.9 Å². The van der Waals surface area contributed by atoms with E-state index in [9.17, 15) is 9.18 Å². The van der Waals surface area contributed by atoms with Gasteiger partial charge in [0.2, 0.25) is 0 Å². The summed E-state index contributed by atoms with van der Waals surface area (Å²) in [6, 6.07) is 6.53. The number of hydrogen-bond donors (Lipinski definition) is 0. The second kappa shape index (κ2) is 7.28. The molecule has 0 spiro atoms. The van der Waals surface area contributed by atoms with Crippen molar-refractivity contribution >= 4 is 5.97 Å². The lowest BCUT2D eigenvalue weighted by Crippen LogP contribution is -2.17. The van der Waals surface area contributed by atoms with E-state index in [0.29, 0.717) is 30.2 Å². The molecule has 0 N–H and O–H groups in total. The van der Waals surface area contributed by atoms with Gasteiger partial charge >= 0.3 is 5.97 Å². The Labute approximate surface area is 134 Å². The lowest BCUT2D eigenvalue weighted by molar-refractivity contribution is 0.0599. The van der Waals surface area contributed by atoms with Gasteiger partial charge in [0.05, 0.1) is 20.8 Å². The molecule has 0 aliphatic heterocycles. The molecule has 0 radical (unpaired) electrons. The number of hydrogen-bond acceptors (Lipinski definition) is 5. The summed E-state index contributed by atoms with van der Waals surface area (Å²) in [5.74, 6) is 0.591. The number of methoxy groups -OCH3 is 2. The number of carbonyl (C=O) groups excluding carboxylic acids is 1. The number of halogens is 1. The standard InChI is InChI=1S/C17H20FNO4/c1-11-14(17(20)22-4)8-13(23-11)10-19(2)9-12-5-6-16(21-3)15(18)7-12/h5-8H,9-10H2,1-4H3. The van der Waals surface area contributed by atoms with Gasteiger partial charge in [-0.1, -0.05) is 6.07 Å². The molecule has 0 unspecified atom stereocenters. The molecule has 1 heterocycles. The molecule has 0 amide bonds. The highest BCUT2D eigenvalue weighted by molar-refractivity contribution is 5.90. The van der Waals surface area contributed by atoms with Gasteiger partial charge in [0.15, 0.2) is 11.6 Å². The predicted octanol–water partition coefficient (Wildman–Crippen LogP) is 3.15. The molecule has 2 rings (SSSR count). The van der Waals surface area contributed by atoms with Crippen LogP contribution in [-0.4, -0.2) is 32.1 Å². The third-order valence-electron chi connectivity index (χ3n) is 3.47. The second-order valence-electron chi connectivity index (χ2n) is 5.32. The minimum atomic E-state index is -0.419. The molecule has 124 valence electrons. The zero-order valence-corrected chi connectivity index (χ0v) is 13.7. The molecule has 0 aliphatic carbocycles. The molecule has 1 aromatic carbocycles. The number of esters is 1. The molecule has 6 heteroatoms. The maximum atomic E-state index is 13.7. The van der Waals surface area contributed by atoms with Crippen molar-refractivity contribution in [1.29, 1.82) is 0 Å². The number of nitrogens with zero attached hydrogens (tertiary/aromatic N) is 1. The van der Waals surface area contributed by atoms with Gasteiger partial charge in [-0.15, -0.1) is 0 Å². The molecule has 0 bridgehead atoms. The van der Waals surface area contributed by atoms with Gasteiger partial charge in [0, 0.05) is 6.54 Å². The molecule has 23 heavy (non-hydrogen) atoms. The second-order valence-corrected chi connectivity index (χ2v) is 5.32. The van der Waals surface area contributed by atoms with Crippen LogP contribution in [0, 0.1) is 12.7 Å². The fraction of sp³-hybridized carbons (Fsp3) is 0.353. The van der Waals surface area contributed by atoms with E-state index in [2.05, 4.69) is 0 Å². The third-order valence-corrected chi connectivity index (χ3v) is 3.47. The zero-order chi connectivity index (χ0) is 17.0. The van der Waals surface area contributed by atoms with Crippen LogP contribution in [0.5, 0.6) is 5.75 Å². The first-order chi connectivity index (χ1) is 10.9. The Bertz CT molecular complexity index is 696. The summed E-state index contributed by atoms with van der Waals surface area (Å²) in [6.07, 6.45) is 0. The Kier molecular flexibility index (Phi) is 5.39. The van der Waals surface area contributed by atoms with Crippen LogP contribution in [0.2, 0.25) is 0 Å². The first-order valence-corrected chi connectivity index (χ1v) is 7.13. The minimum absolute atomic E-state index is 0.223. The Morgan fingerprint density at radius 3 is 2.61 bits per heavy atom. The van der Waals surface area contributed by atoms with Crippen molar-refractivity contribution in [2.24, 2.45) is 0 Å². The molecular weight excluding hydrogens is 301 g/mol. The summed E-state index contributed by atoms with van der Waals surface area (Å²) in [4.78, 5) is 13.5. The van der Waals surface area contributed by atoms with Gasteiger partial charge in [-0.2, -0.15) is 0 Å². The van der Waals surface area contributed by atoms with E-state index >= 15 is 0 Å². The predicted molar refractivity (Wildman–Crippen MR) is 82.9 cm³/mol. The minimum Gasteiger partial charge on any atom is -0.494 e. The van der Waals surface area contributed by atoms with Crippen molar-refractivity contribution in [3.63, 3.8) is 0 Å². The number of aryl methyl sites for hydroxylation is 1. The van der Waals surface area contributed by atoms with Gasteiger partial charge in [0.1, 0.15) is 17.1 Å². The number of ether oxygens (including phenoxy) is 2. The van der Waals surface area contributed by atoms with E-state index in [0.717, 1.165) is 5.56 Å². The lowest BCUT2D eigenvalue weighted by atomic mass is 10.2. The van der Waals surface area contributed by atoms with Crippen LogP contribution in [0.1, 0.15) is 27.4 Å². The normalized spacial score (nSPS) is 10.9. The molecular formula is C17H20FNO4. The van der Waals surface area contributed by atoms with Crippen molar-refractivity contribution in [2.45, 2.75) is 20.0 Å². The first-order valence-electron chi connectivity index (χ1n) is 7.13. The highest BCUT2D eigenvalue weighted by atomic mass is 19.1. The summed E-state index contributed by atoms with van der Waals surface area (Å²) in [5, 5.41) is 0. The fourth-order valence-electron chi connectivity index (χ4n) is 2.38. The summed E-state index contributed by atoms with van der Waals surface area (Å²) in [5.41, 5.74) is 1.24. The number of rotatable bonds is 6. The van der Waals surface area contributed by atoms with Crippen LogP contribution in [0.3, 0.4) is 0 Å². The quantitative estimate of drug-likeness (QED) is 0.765. The molecule has 0 saturated heterocycles. The van der Waals surface area contributed by atoms with Crippen molar-refractivity contribution in [1.82, 2.24) is 4.90 Å². The average Bonchev–Trinajstić information content (AvgIpc) is 2.87. The van der Waals surface area contributed by atoms with Crippen molar-refractivity contribution in [3.8, 4) is 5.75 Å². The molecule has 2 aromatic rings. The smallest absolute Gasteiger partial charge is 0.341 e. The largest absolute Gasteiger partial charge is 0.494 e. The van der Waals surface area contributed by atoms with E-state index in [1.54, 1.807) is 19.1 Å². The maximum Gasteiger partial charge on any atom is 0.341 e. The average molecular weight is 321 g/mol. The van der Waals surface area contributed by atoms with Crippen LogP contribution in [0.25, 0.3) is 0 Å². The zero-order valence-electron chi connectivity index (χ0n) is 13.7. The van der Waals surface area contributed by atoms with E-state index in [1.165, 1.54) is 20.3 Å². The molecule has 0 atom stereocenters. The van der Waals surface area contributed by atoms with Crippen LogP contribution in [0.15, 0.2) is 28.7 Å². The van der Waals surface area contributed by atoms with Crippen LogP contribution in [-0.2, 0) is 17.8 Å². The van der Waals surface area contributed by atoms with Crippen LogP contribution >= 0.6 is 0 Å². The molecule has 1 aromatic heterocycles. The molecule has 0 fully saturated rings. The fourth-order valence-corrected chi connectivity index (χ4v) is 2.38. The number of furan rings is 1. The maximum absolute atomic E-state index is 13.7. The summed E-state index contributed by atoms with van der Waals surface area (Å²) >= 11 is 0. The molecule has 5 nitrogen and oxygen atoms in total. The lowest BCUT2D eigenvalue weighted by Gasteiger charge is -2.15. The monoisotopic (exact) mass is 321 g/mol. The Balaban J connectivity index is 2.03. The van der Waals surface area contributed by atoms with E-state index in [1.807, 2.05) is 18.0 Å². The van der Waals surface area contributed by atoms with E-state index < -0.39 is 5.97 Å². The SMILES string of the molecule is COC(=O)c1cc(CN(C)Cc2ccc(OC)c(F)c2)oc1C. The Hall–Kier alpha value is -2.34. The van der Waals surface area contributed by atoms with Gasteiger partial charge in [-0.25, -0.2) is 9.18 Å². The highest BCUT2D eigenvalue weighted by Gasteiger charge is 2.16. The Morgan fingerprint density at radius 2 is 2.00 bits per heavy atom. The van der Waals surface area contributed by atoms with Crippen molar-refractivity contribution < 1.29 is 23.1 Å². The number of carbonyl (C=O) groups is 1. The Morgan fingerprint density at radius 1 is 1.26 bits per heavy atom. The van der Waals surface area contributed by atoms with Gasteiger partial charge in [0.25, 0.3) is 0 Å². The molecule has 0 saturated carbocycles. The molecule has 0 aliphatic rings. The number of benzene rings is 1. The third kappa shape index (κ3) is 4.10. The van der Waals surface area contributed by atoms with Crippen molar-refractivity contribution in [3.05, 3.63) is 52.7 Å². The van der Waals surface area contributed by atoms with Gasteiger partial charge < -0.3 is 13.9 Å². The van der Waals surface area contributed by atoms with Gasteiger partial charge in [-0.3, -0.25) is 4.90 Å². The highest BCUT2D eigenvalue weighted by Crippen LogP contribution is 2.20. The van der Waals surface area contributed by atoms with Crippen LogP contribution < -0.4 is 4.74 Å². The van der Waals surface area contributed by atoms with Gasteiger partial charge in [-0.05, 0) is 37.7 Å². The summed E-state index contributed by atoms with van der Waals surface area (Å²) in [7, 11) is 4.65. The van der Waals surface area contributed by atoms with Crippen molar-refractivity contribution in [2.75, 3.05) is 21.3 Å². The topological polar surface area (TPSA) is 51.9 Å². The van der Waals surface area contributed by atoms with E-state index in [-0.39, 0.29) is 11.6 Å². The first kappa shape index (κ1) is 17.0. The summed E-state index contributed by atoms with van der Waals surface area (Å²) in [6.45, 7) is 2.74. The van der Waals surface area contributed by atoms with Crippen LogP contribution in [0.4, 0.5) is 4.39 Å².